The number of benzene rings is 1. The Labute approximate surface area is 108 Å². The van der Waals surface area contributed by atoms with Gasteiger partial charge >= 0.3 is 0 Å². The van der Waals surface area contributed by atoms with E-state index in [-0.39, 0.29) is 5.91 Å². The minimum atomic E-state index is -0.520. The van der Waals surface area contributed by atoms with Crippen LogP contribution in [0.5, 0.6) is 0 Å². The number of hydrogen-bond acceptors (Lipinski definition) is 2. The van der Waals surface area contributed by atoms with E-state index in [1.165, 1.54) is 11.1 Å². The van der Waals surface area contributed by atoms with Gasteiger partial charge in [0.1, 0.15) is 0 Å². The first kappa shape index (κ1) is 14.2. The molecule has 98 valence electrons. The first-order chi connectivity index (χ1) is 8.23. The molecule has 4 heteroatoms. The Morgan fingerprint density at radius 1 is 1.28 bits per heavy atom. The van der Waals surface area contributed by atoms with Gasteiger partial charge in [-0.25, -0.2) is 4.74 Å². The fourth-order valence-corrected chi connectivity index (χ4v) is 1.37. The molecule has 18 heavy (non-hydrogen) atoms. The van der Waals surface area contributed by atoms with Crippen molar-refractivity contribution in [2.24, 2.45) is 0 Å². The molecule has 1 amide bonds. The number of carbonyl (C=O) groups excluding carboxylic acids is 1. The molecule has 0 bridgehead atoms. The van der Waals surface area contributed by atoms with Gasteiger partial charge in [0.05, 0.1) is 11.1 Å². The van der Waals surface area contributed by atoms with Crippen molar-refractivity contribution in [3.05, 3.63) is 40.6 Å². The Balaban J connectivity index is 3.23. The zero-order valence-corrected chi connectivity index (χ0v) is 11.6. The van der Waals surface area contributed by atoms with E-state index in [9.17, 15) is 10.0 Å². The normalized spacial score (nSPS) is 12.4. The summed E-state index contributed by atoms with van der Waals surface area (Å²) >= 11 is 0. The highest BCUT2D eigenvalue weighted by Gasteiger charge is 2.20. The molecule has 0 N–H and O–H groups in total. The van der Waals surface area contributed by atoms with Gasteiger partial charge in [0.15, 0.2) is 11.8 Å². The number of hydroxylamine groups is 1. The van der Waals surface area contributed by atoms with Crippen LogP contribution in [0.1, 0.15) is 36.7 Å². The van der Waals surface area contributed by atoms with Gasteiger partial charge in [0.2, 0.25) is 0 Å². The van der Waals surface area contributed by atoms with Crippen LogP contribution in [0.2, 0.25) is 0 Å². The zero-order valence-electron chi connectivity index (χ0n) is 11.6. The van der Waals surface area contributed by atoms with Gasteiger partial charge in [0.25, 0.3) is 5.91 Å². The van der Waals surface area contributed by atoms with Crippen LogP contribution in [0.25, 0.3) is 0 Å². The molecule has 0 fully saturated rings. The van der Waals surface area contributed by atoms with Crippen molar-refractivity contribution < 1.29 is 9.53 Å². The minimum Gasteiger partial charge on any atom is -0.623 e. The number of nitrogens with zero attached hydrogens (tertiary/aromatic N) is 2. The largest absolute Gasteiger partial charge is 0.623 e. The number of rotatable bonds is 2. The van der Waals surface area contributed by atoms with Gasteiger partial charge in [0, 0.05) is 34.9 Å². The second-order valence-electron chi connectivity index (χ2n) is 5.41. The van der Waals surface area contributed by atoms with Crippen LogP contribution in [0.4, 0.5) is 0 Å². The monoisotopic (exact) mass is 248 g/mol. The SMILES string of the molecule is CN(C)C(=O)c1ccccc1/C=[N+](/[O-])C(C)(C)C. The van der Waals surface area contributed by atoms with Crippen molar-refractivity contribution in [2.75, 3.05) is 14.1 Å². The highest BCUT2D eigenvalue weighted by molar-refractivity contribution is 6.01. The maximum atomic E-state index is 12.0. The van der Waals surface area contributed by atoms with Crippen molar-refractivity contribution in [1.82, 2.24) is 4.90 Å². The Morgan fingerprint density at radius 2 is 1.83 bits per heavy atom. The summed E-state index contributed by atoms with van der Waals surface area (Å²) in [4.78, 5) is 13.5. The number of amides is 1. The van der Waals surface area contributed by atoms with Crippen molar-refractivity contribution in [1.29, 1.82) is 0 Å². The summed E-state index contributed by atoms with van der Waals surface area (Å²) in [5.41, 5.74) is 0.655. The first-order valence-corrected chi connectivity index (χ1v) is 5.85. The van der Waals surface area contributed by atoms with E-state index in [1.807, 2.05) is 26.8 Å². The third kappa shape index (κ3) is 3.32. The lowest BCUT2D eigenvalue weighted by Crippen LogP contribution is -2.30. The molecule has 0 aliphatic rings. The van der Waals surface area contributed by atoms with Gasteiger partial charge in [-0.15, -0.1) is 0 Å². The Bertz CT molecular complexity index is 471. The van der Waals surface area contributed by atoms with Gasteiger partial charge in [-0.2, -0.15) is 0 Å². The van der Waals surface area contributed by atoms with Gasteiger partial charge in [-0.3, -0.25) is 4.79 Å². The predicted octanol–water partition coefficient (Wildman–Crippen LogP) is 2.12. The second kappa shape index (κ2) is 5.21. The average molecular weight is 248 g/mol. The first-order valence-electron chi connectivity index (χ1n) is 5.85. The van der Waals surface area contributed by atoms with E-state index in [4.69, 9.17) is 0 Å². The third-order valence-corrected chi connectivity index (χ3v) is 2.51. The summed E-state index contributed by atoms with van der Waals surface area (Å²) in [6.07, 6.45) is 1.47. The van der Waals surface area contributed by atoms with Crippen LogP contribution in [-0.2, 0) is 0 Å². The molecule has 0 saturated heterocycles. The highest BCUT2D eigenvalue weighted by atomic mass is 16.5. The third-order valence-electron chi connectivity index (χ3n) is 2.51. The van der Waals surface area contributed by atoms with E-state index in [0.29, 0.717) is 11.1 Å². The topological polar surface area (TPSA) is 46.4 Å². The molecule has 1 aromatic carbocycles. The lowest BCUT2D eigenvalue weighted by atomic mass is 10.1. The van der Waals surface area contributed by atoms with Crippen LogP contribution in [0, 0.1) is 5.21 Å². The summed E-state index contributed by atoms with van der Waals surface area (Å²) in [6.45, 7) is 5.48. The molecule has 0 heterocycles. The van der Waals surface area contributed by atoms with Crippen LogP contribution >= 0.6 is 0 Å². The quantitative estimate of drug-likeness (QED) is 0.348. The molecule has 0 unspecified atom stereocenters. The van der Waals surface area contributed by atoms with Crippen molar-refractivity contribution in [2.45, 2.75) is 26.3 Å². The molecule has 0 spiro atoms. The molecular weight excluding hydrogens is 228 g/mol. The van der Waals surface area contributed by atoms with Crippen LogP contribution in [0.15, 0.2) is 24.3 Å². The van der Waals surface area contributed by atoms with E-state index < -0.39 is 5.54 Å². The van der Waals surface area contributed by atoms with Crippen molar-refractivity contribution >= 4 is 12.1 Å². The van der Waals surface area contributed by atoms with Crippen LogP contribution < -0.4 is 0 Å². The summed E-state index contributed by atoms with van der Waals surface area (Å²) in [6, 6.07) is 7.10. The lowest BCUT2D eigenvalue weighted by molar-refractivity contribution is -0.530. The Hall–Kier alpha value is -1.84. The summed E-state index contributed by atoms with van der Waals surface area (Å²) in [5, 5.41) is 11.9. The molecule has 0 aliphatic carbocycles. The molecule has 0 atom stereocenters. The summed E-state index contributed by atoms with van der Waals surface area (Å²) in [7, 11) is 3.38. The molecule has 4 nitrogen and oxygen atoms in total. The van der Waals surface area contributed by atoms with Gasteiger partial charge in [-0.05, 0) is 12.1 Å². The summed E-state index contributed by atoms with van der Waals surface area (Å²) < 4.78 is 0.870. The van der Waals surface area contributed by atoms with Crippen molar-refractivity contribution in [3.8, 4) is 0 Å². The van der Waals surface area contributed by atoms with E-state index >= 15 is 0 Å². The van der Waals surface area contributed by atoms with E-state index in [1.54, 1.807) is 32.3 Å². The van der Waals surface area contributed by atoms with E-state index in [0.717, 1.165) is 4.74 Å². The second-order valence-corrected chi connectivity index (χ2v) is 5.41. The highest BCUT2D eigenvalue weighted by Crippen LogP contribution is 2.11. The minimum absolute atomic E-state index is 0.107. The predicted molar refractivity (Wildman–Crippen MR) is 73.0 cm³/mol. The lowest BCUT2D eigenvalue weighted by Gasteiger charge is -2.19. The zero-order chi connectivity index (χ0) is 13.9. The van der Waals surface area contributed by atoms with Gasteiger partial charge < -0.3 is 10.1 Å². The molecular formula is C14H20N2O2. The maximum Gasteiger partial charge on any atom is 0.254 e. The fourth-order valence-electron chi connectivity index (χ4n) is 1.37. The smallest absolute Gasteiger partial charge is 0.254 e. The molecule has 1 aromatic rings. The van der Waals surface area contributed by atoms with Gasteiger partial charge in [-0.1, -0.05) is 12.1 Å². The molecule has 0 radical (unpaired) electrons. The molecule has 0 saturated carbocycles. The average Bonchev–Trinajstić information content (AvgIpc) is 2.27. The standard InChI is InChI=1S/C14H20N2O2/c1-14(2,3)16(18)10-11-8-6-7-9-12(11)13(17)15(4)5/h6-10H,1-5H3/b16-10+. The number of hydrogen-bond donors (Lipinski definition) is 0. The Kier molecular flexibility index (Phi) is 4.11. The summed E-state index contributed by atoms with van der Waals surface area (Å²) in [5.74, 6) is -0.107. The van der Waals surface area contributed by atoms with Crippen LogP contribution in [0.3, 0.4) is 0 Å². The maximum absolute atomic E-state index is 12.0. The Morgan fingerprint density at radius 3 is 2.33 bits per heavy atom. The number of carbonyl (C=O) groups is 1. The van der Waals surface area contributed by atoms with Crippen molar-refractivity contribution in [3.63, 3.8) is 0 Å². The van der Waals surface area contributed by atoms with Crippen LogP contribution in [-0.4, -0.2) is 41.4 Å². The molecule has 0 aromatic heterocycles. The van der Waals surface area contributed by atoms with E-state index in [2.05, 4.69) is 0 Å². The fraction of sp³-hybridized carbons (Fsp3) is 0.429. The molecule has 0 aliphatic heterocycles. The molecule has 1 rings (SSSR count).